The summed E-state index contributed by atoms with van der Waals surface area (Å²) in [6.45, 7) is 0. The van der Waals surface area contributed by atoms with E-state index in [1.165, 1.54) is 0 Å². The van der Waals surface area contributed by atoms with Crippen LogP contribution in [0.2, 0.25) is 0 Å². The van der Waals surface area contributed by atoms with Crippen LogP contribution in [0.15, 0.2) is 30.3 Å². The number of urea groups is 1. The van der Waals surface area contributed by atoms with Crippen LogP contribution >= 0.6 is 0 Å². The molecule has 0 bridgehead atoms. The molecule has 1 heterocycles. The highest BCUT2D eigenvalue weighted by Crippen LogP contribution is 2.32. The maximum Gasteiger partial charge on any atom is 0.328 e. The predicted molar refractivity (Wildman–Crippen MR) is 78.5 cm³/mol. The summed E-state index contributed by atoms with van der Waals surface area (Å²) in [5, 5.41) is 12.9. The van der Waals surface area contributed by atoms with E-state index in [0.29, 0.717) is 24.8 Å². The average Bonchev–Trinajstić information content (AvgIpc) is 2.50. The highest BCUT2D eigenvalue weighted by atomic mass is 16.2. The molecule has 1 fully saturated rings. The smallest absolute Gasteiger partial charge is 0.277 e. The van der Waals surface area contributed by atoms with Gasteiger partial charge in [-0.3, -0.25) is 20.2 Å². The number of hydrogen-bond donors (Lipinski definition) is 2. The van der Waals surface area contributed by atoms with Gasteiger partial charge in [-0.1, -0.05) is 43.2 Å². The molecule has 4 amide bonds. The SMILES string of the molecule is N#CCCCCCC1(c2ccccc2)C(=O)NC(=O)NC1=O. The first-order valence-electron chi connectivity index (χ1n) is 7.20. The molecule has 1 saturated heterocycles. The molecule has 114 valence electrons. The van der Waals surface area contributed by atoms with Gasteiger partial charge in [-0.05, 0) is 18.4 Å². The summed E-state index contributed by atoms with van der Waals surface area (Å²) in [6.07, 6.45) is 2.84. The topological polar surface area (TPSA) is 99.1 Å². The number of imide groups is 2. The molecule has 1 aromatic carbocycles. The Balaban J connectivity index is 2.25. The van der Waals surface area contributed by atoms with Crippen LogP contribution in [0.3, 0.4) is 0 Å². The Hall–Kier alpha value is -2.68. The number of nitrogens with zero attached hydrogens (tertiary/aromatic N) is 1. The number of hydrogen-bond acceptors (Lipinski definition) is 4. The van der Waals surface area contributed by atoms with Crippen LogP contribution in [0.5, 0.6) is 0 Å². The first-order chi connectivity index (χ1) is 10.6. The molecule has 22 heavy (non-hydrogen) atoms. The summed E-state index contributed by atoms with van der Waals surface area (Å²) in [4.78, 5) is 36.1. The van der Waals surface area contributed by atoms with Crippen molar-refractivity contribution in [1.29, 1.82) is 5.26 Å². The van der Waals surface area contributed by atoms with Crippen molar-refractivity contribution in [3.05, 3.63) is 35.9 Å². The van der Waals surface area contributed by atoms with E-state index in [9.17, 15) is 14.4 Å². The second kappa shape index (κ2) is 6.85. The van der Waals surface area contributed by atoms with E-state index < -0.39 is 23.3 Å². The van der Waals surface area contributed by atoms with E-state index in [2.05, 4.69) is 16.7 Å². The Morgan fingerprint density at radius 3 is 2.18 bits per heavy atom. The molecule has 0 spiro atoms. The van der Waals surface area contributed by atoms with Gasteiger partial charge in [0.1, 0.15) is 0 Å². The van der Waals surface area contributed by atoms with Crippen molar-refractivity contribution >= 4 is 17.8 Å². The molecule has 0 aromatic heterocycles. The minimum Gasteiger partial charge on any atom is -0.277 e. The normalized spacial score (nSPS) is 16.6. The van der Waals surface area contributed by atoms with Gasteiger partial charge in [-0.2, -0.15) is 5.26 Å². The van der Waals surface area contributed by atoms with Crippen LogP contribution < -0.4 is 10.6 Å². The van der Waals surface area contributed by atoms with Crippen molar-refractivity contribution in [3.63, 3.8) is 0 Å². The first-order valence-corrected chi connectivity index (χ1v) is 7.20. The van der Waals surface area contributed by atoms with Gasteiger partial charge in [0.15, 0.2) is 5.41 Å². The highest BCUT2D eigenvalue weighted by molar-refractivity contribution is 6.22. The van der Waals surface area contributed by atoms with Crippen LogP contribution in [0, 0.1) is 11.3 Å². The van der Waals surface area contributed by atoms with Gasteiger partial charge in [0, 0.05) is 6.42 Å². The lowest BCUT2D eigenvalue weighted by molar-refractivity contribution is -0.139. The molecule has 2 N–H and O–H groups in total. The standard InChI is InChI=1S/C16H17N3O3/c17-11-7-2-1-6-10-16(12-8-4-3-5-9-12)13(20)18-15(22)19-14(16)21/h3-5,8-9H,1-2,6-7,10H2,(H2,18,19,20,21,22). The minimum absolute atomic E-state index is 0.299. The van der Waals surface area contributed by atoms with Crippen LogP contribution in [0.25, 0.3) is 0 Å². The van der Waals surface area contributed by atoms with Gasteiger partial charge >= 0.3 is 6.03 Å². The number of nitriles is 1. The Kier molecular flexibility index (Phi) is 4.89. The van der Waals surface area contributed by atoms with E-state index in [-0.39, 0.29) is 0 Å². The van der Waals surface area contributed by atoms with Crippen molar-refractivity contribution in [1.82, 2.24) is 10.6 Å². The number of carbonyl (C=O) groups is 3. The van der Waals surface area contributed by atoms with Crippen LogP contribution in [0.4, 0.5) is 4.79 Å². The van der Waals surface area contributed by atoms with Gasteiger partial charge in [-0.25, -0.2) is 4.79 Å². The Morgan fingerprint density at radius 1 is 0.955 bits per heavy atom. The molecule has 1 aliphatic heterocycles. The first kappa shape index (κ1) is 15.7. The molecule has 2 rings (SSSR count). The maximum atomic E-state index is 12.4. The number of nitrogens with one attached hydrogen (secondary N) is 2. The second-order valence-electron chi connectivity index (χ2n) is 5.23. The number of barbiturate groups is 1. The Morgan fingerprint density at radius 2 is 1.59 bits per heavy atom. The zero-order valence-electron chi connectivity index (χ0n) is 12.1. The Labute approximate surface area is 128 Å². The molecule has 6 heteroatoms. The predicted octanol–water partition coefficient (Wildman–Crippen LogP) is 1.76. The third kappa shape index (κ3) is 2.98. The summed E-state index contributed by atoms with van der Waals surface area (Å²) in [7, 11) is 0. The molecular formula is C16H17N3O3. The molecule has 1 aromatic rings. The van der Waals surface area contributed by atoms with E-state index >= 15 is 0 Å². The van der Waals surface area contributed by atoms with E-state index in [4.69, 9.17) is 5.26 Å². The van der Waals surface area contributed by atoms with Crippen molar-refractivity contribution in [2.45, 2.75) is 37.5 Å². The minimum atomic E-state index is -1.39. The van der Waals surface area contributed by atoms with Gasteiger partial charge in [-0.15, -0.1) is 0 Å². The quantitative estimate of drug-likeness (QED) is 0.617. The molecule has 0 unspecified atom stereocenters. The summed E-state index contributed by atoms with van der Waals surface area (Å²) < 4.78 is 0. The lowest BCUT2D eigenvalue weighted by Gasteiger charge is -2.34. The molecule has 1 aliphatic rings. The van der Waals surface area contributed by atoms with Gasteiger partial charge in [0.25, 0.3) is 0 Å². The highest BCUT2D eigenvalue weighted by Gasteiger charge is 2.50. The Bertz CT molecular complexity index is 599. The van der Waals surface area contributed by atoms with Crippen molar-refractivity contribution in [3.8, 4) is 6.07 Å². The number of benzene rings is 1. The van der Waals surface area contributed by atoms with Gasteiger partial charge in [0.05, 0.1) is 6.07 Å². The fraction of sp³-hybridized carbons (Fsp3) is 0.375. The summed E-state index contributed by atoms with van der Waals surface area (Å²) in [5.74, 6) is -1.18. The molecule has 0 aliphatic carbocycles. The molecule has 6 nitrogen and oxygen atoms in total. The van der Waals surface area contributed by atoms with Crippen molar-refractivity contribution in [2.24, 2.45) is 0 Å². The van der Waals surface area contributed by atoms with Gasteiger partial charge in [0.2, 0.25) is 11.8 Å². The van der Waals surface area contributed by atoms with Crippen LogP contribution in [-0.2, 0) is 15.0 Å². The number of amides is 4. The van der Waals surface area contributed by atoms with Crippen molar-refractivity contribution in [2.75, 3.05) is 0 Å². The number of rotatable bonds is 6. The molecule has 0 atom stereocenters. The number of unbranched alkanes of at least 4 members (excludes halogenated alkanes) is 3. The van der Waals surface area contributed by atoms with E-state index in [1.54, 1.807) is 30.3 Å². The summed E-state index contributed by atoms with van der Waals surface area (Å²) in [5.41, 5.74) is -0.820. The molecule has 0 radical (unpaired) electrons. The monoisotopic (exact) mass is 299 g/mol. The zero-order chi connectivity index (χ0) is 16.0. The summed E-state index contributed by atoms with van der Waals surface area (Å²) in [6, 6.07) is 10.0. The van der Waals surface area contributed by atoms with Gasteiger partial charge < -0.3 is 0 Å². The second-order valence-corrected chi connectivity index (χ2v) is 5.23. The van der Waals surface area contributed by atoms with Crippen molar-refractivity contribution < 1.29 is 14.4 Å². The fourth-order valence-electron chi connectivity index (χ4n) is 2.68. The maximum absolute atomic E-state index is 12.4. The van der Waals surface area contributed by atoms with Crippen LogP contribution in [0.1, 0.15) is 37.7 Å². The van der Waals surface area contributed by atoms with E-state index in [0.717, 1.165) is 12.8 Å². The largest absolute Gasteiger partial charge is 0.328 e. The van der Waals surface area contributed by atoms with Crippen LogP contribution in [-0.4, -0.2) is 17.8 Å². The molecular weight excluding hydrogens is 282 g/mol. The average molecular weight is 299 g/mol. The number of carbonyl (C=O) groups excluding carboxylic acids is 3. The molecule has 0 saturated carbocycles. The third-order valence-electron chi connectivity index (χ3n) is 3.84. The lowest BCUT2D eigenvalue weighted by Crippen LogP contribution is -2.64. The lowest BCUT2D eigenvalue weighted by atomic mass is 9.73. The third-order valence-corrected chi connectivity index (χ3v) is 3.84. The summed E-state index contributed by atoms with van der Waals surface area (Å²) >= 11 is 0. The fourth-order valence-corrected chi connectivity index (χ4v) is 2.68. The zero-order valence-corrected chi connectivity index (χ0v) is 12.1. The van der Waals surface area contributed by atoms with E-state index in [1.807, 2.05) is 0 Å².